The molecule has 1 N–H and O–H groups in total. The van der Waals surface area contributed by atoms with Crippen LogP contribution in [0, 0.1) is 11.8 Å². The van der Waals surface area contributed by atoms with E-state index in [1.54, 1.807) is 11.9 Å². The molecule has 2 amide bonds. The fraction of sp³-hybridized carbons (Fsp3) is 0.600. The van der Waals surface area contributed by atoms with Crippen molar-refractivity contribution in [1.82, 2.24) is 10.2 Å². The third-order valence-corrected chi connectivity index (χ3v) is 5.46. The average Bonchev–Trinajstić information content (AvgIpc) is 3.50. The molecule has 25 heavy (non-hydrogen) atoms. The topological polar surface area (TPSA) is 52.7 Å². The van der Waals surface area contributed by atoms with Gasteiger partial charge in [-0.1, -0.05) is 12.1 Å². The first-order valence-corrected chi connectivity index (χ1v) is 9.42. The number of amides is 2. The van der Waals surface area contributed by atoms with E-state index in [-0.39, 0.29) is 17.7 Å². The fourth-order valence-corrected chi connectivity index (χ4v) is 3.61. The molecule has 2 aliphatic rings. The number of nitrogens with one attached hydrogen (secondary N) is 1. The van der Waals surface area contributed by atoms with E-state index in [4.69, 9.17) is 0 Å². The van der Waals surface area contributed by atoms with Gasteiger partial charge in [0.1, 0.15) is 0 Å². The van der Waals surface area contributed by atoms with Crippen LogP contribution in [-0.4, -0.2) is 50.4 Å². The Hall–Kier alpha value is -1.88. The molecule has 1 aliphatic carbocycles. The standard InChI is InChI=1S/C20H29N3O2/c1-21-12-9-15-10-13-23(14-11-15)20(25)17-5-3-4-6-18(17)22(2)19(24)16-7-8-16/h3-6,15-16,21H,7-14H2,1-2H3. The van der Waals surface area contributed by atoms with Crippen LogP contribution in [0.5, 0.6) is 0 Å². The maximum absolute atomic E-state index is 13.0. The first-order chi connectivity index (χ1) is 12.1. The first kappa shape index (κ1) is 17.9. The van der Waals surface area contributed by atoms with Gasteiger partial charge in [-0.25, -0.2) is 0 Å². The van der Waals surface area contributed by atoms with Gasteiger partial charge >= 0.3 is 0 Å². The van der Waals surface area contributed by atoms with Gasteiger partial charge in [0.2, 0.25) is 5.91 Å². The fourth-order valence-electron chi connectivity index (χ4n) is 3.61. The maximum Gasteiger partial charge on any atom is 0.255 e. The molecule has 2 fully saturated rings. The summed E-state index contributed by atoms with van der Waals surface area (Å²) < 4.78 is 0. The third kappa shape index (κ3) is 4.21. The summed E-state index contributed by atoms with van der Waals surface area (Å²) in [5.74, 6) is 1.03. The Bertz CT molecular complexity index is 619. The summed E-state index contributed by atoms with van der Waals surface area (Å²) in [7, 11) is 3.77. The highest BCUT2D eigenvalue weighted by atomic mass is 16.2. The van der Waals surface area contributed by atoms with Crippen molar-refractivity contribution in [1.29, 1.82) is 0 Å². The molecular formula is C20H29N3O2. The maximum atomic E-state index is 13.0. The Morgan fingerprint density at radius 1 is 1.16 bits per heavy atom. The predicted molar refractivity (Wildman–Crippen MR) is 99.7 cm³/mol. The molecule has 0 spiro atoms. The zero-order chi connectivity index (χ0) is 17.8. The predicted octanol–water partition coefficient (Wildman–Crippen LogP) is 2.52. The molecule has 0 bridgehead atoms. The Morgan fingerprint density at radius 3 is 2.48 bits per heavy atom. The Labute approximate surface area is 150 Å². The van der Waals surface area contributed by atoms with Gasteiger partial charge in [0.05, 0.1) is 11.3 Å². The summed E-state index contributed by atoms with van der Waals surface area (Å²) in [5, 5.41) is 3.20. The number of carbonyl (C=O) groups excluding carboxylic acids is 2. The second-order valence-corrected chi connectivity index (χ2v) is 7.32. The smallest absolute Gasteiger partial charge is 0.255 e. The van der Waals surface area contributed by atoms with Gasteiger partial charge in [0.15, 0.2) is 0 Å². The average molecular weight is 343 g/mol. The van der Waals surface area contributed by atoms with E-state index >= 15 is 0 Å². The van der Waals surface area contributed by atoms with Gasteiger partial charge in [-0.05, 0) is 63.7 Å². The van der Waals surface area contributed by atoms with Crippen LogP contribution in [0.1, 0.15) is 42.5 Å². The molecule has 5 nitrogen and oxygen atoms in total. The zero-order valence-electron chi connectivity index (χ0n) is 15.3. The van der Waals surface area contributed by atoms with Crippen molar-refractivity contribution in [2.45, 2.75) is 32.1 Å². The summed E-state index contributed by atoms with van der Waals surface area (Å²) >= 11 is 0. The van der Waals surface area contributed by atoms with Crippen LogP contribution in [0.25, 0.3) is 0 Å². The number of piperidine rings is 1. The lowest BCUT2D eigenvalue weighted by molar-refractivity contribution is -0.119. The summed E-state index contributed by atoms with van der Waals surface area (Å²) in [4.78, 5) is 29.0. The van der Waals surface area contributed by atoms with E-state index < -0.39 is 0 Å². The number of rotatable bonds is 6. The molecule has 1 aliphatic heterocycles. The van der Waals surface area contributed by atoms with Crippen LogP contribution in [0.4, 0.5) is 5.69 Å². The molecule has 0 unspecified atom stereocenters. The molecular weight excluding hydrogens is 314 g/mol. The second kappa shape index (κ2) is 8.00. The molecule has 1 saturated heterocycles. The normalized spacial score (nSPS) is 18.2. The molecule has 136 valence electrons. The van der Waals surface area contributed by atoms with Crippen molar-refractivity contribution in [2.24, 2.45) is 11.8 Å². The summed E-state index contributed by atoms with van der Waals surface area (Å²) in [5.41, 5.74) is 1.38. The summed E-state index contributed by atoms with van der Waals surface area (Å²) in [6.45, 7) is 2.65. The molecule has 3 rings (SSSR count). The number of hydrogen-bond donors (Lipinski definition) is 1. The van der Waals surface area contributed by atoms with Crippen LogP contribution in [-0.2, 0) is 4.79 Å². The molecule has 5 heteroatoms. The van der Waals surface area contributed by atoms with Crippen LogP contribution >= 0.6 is 0 Å². The summed E-state index contributed by atoms with van der Waals surface area (Å²) in [6.07, 6.45) is 5.24. The van der Waals surface area contributed by atoms with Gasteiger partial charge in [0.25, 0.3) is 5.91 Å². The molecule has 1 aromatic carbocycles. The van der Waals surface area contributed by atoms with Gasteiger partial charge in [0, 0.05) is 26.1 Å². The van der Waals surface area contributed by atoms with E-state index in [0.717, 1.165) is 51.0 Å². The Kier molecular flexibility index (Phi) is 5.74. The van der Waals surface area contributed by atoms with Crippen molar-refractivity contribution in [3.63, 3.8) is 0 Å². The van der Waals surface area contributed by atoms with E-state index in [2.05, 4.69) is 5.32 Å². The van der Waals surface area contributed by atoms with Gasteiger partial charge in [-0.2, -0.15) is 0 Å². The lowest BCUT2D eigenvalue weighted by atomic mass is 9.93. The number of anilines is 1. The number of hydrogen-bond acceptors (Lipinski definition) is 3. The minimum absolute atomic E-state index is 0.0538. The van der Waals surface area contributed by atoms with Crippen molar-refractivity contribution in [2.75, 3.05) is 38.6 Å². The van der Waals surface area contributed by atoms with Crippen molar-refractivity contribution in [3.05, 3.63) is 29.8 Å². The lowest BCUT2D eigenvalue weighted by Gasteiger charge is -2.33. The number of benzene rings is 1. The Balaban J connectivity index is 1.67. The molecule has 1 aromatic rings. The van der Waals surface area contributed by atoms with Crippen molar-refractivity contribution < 1.29 is 9.59 Å². The highest BCUT2D eigenvalue weighted by molar-refractivity contribution is 6.05. The SMILES string of the molecule is CNCCC1CCN(C(=O)c2ccccc2N(C)C(=O)C2CC2)CC1. The second-order valence-electron chi connectivity index (χ2n) is 7.32. The van der Waals surface area contributed by atoms with Crippen LogP contribution in [0.2, 0.25) is 0 Å². The highest BCUT2D eigenvalue weighted by Crippen LogP contribution is 2.33. The van der Waals surface area contributed by atoms with E-state index in [1.807, 2.05) is 36.2 Å². The molecule has 0 atom stereocenters. The Morgan fingerprint density at radius 2 is 1.84 bits per heavy atom. The molecule has 1 saturated carbocycles. The minimum Gasteiger partial charge on any atom is -0.339 e. The van der Waals surface area contributed by atoms with E-state index in [1.165, 1.54) is 6.42 Å². The minimum atomic E-state index is 0.0538. The van der Waals surface area contributed by atoms with Gasteiger partial charge in [-0.15, -0.1) is 0 Å². The quantitative estimate of drug-likeness (QED) is 0.863. The number of para-hydroxylation sites is 1. The zero-order valence-corrected chi connectivity index (χ0v) is 15.3. The largest absolute Gasteiger partial charge is 0.339 e. The van der Waals surface area contributed by atoms with Gasteiger partial charge < -0.3 is 15.1 Å². The van der Waals surface area contributed by atoms with E-state index in [9.17, 15) is 9.59 Å². The first-order valence-electron chi connectivity index (χ1n) is 9.42. The number of likely N-dealkylation sites (tertiary alicyclic amines) is 1. The van der Waals surface area contributed by atoms with Crippen LogP contribution < -0.4 is 10.2 Å². The van der Waals surface area contributed by atoms with Crippen LogP contribution in [0.15, 0.2) is 24.3 Å². The summed E-state index contributed by atoms with van der Waals surface area (Å²) in [6, 6.07) is 7.51. The lowest BCUT2D eigenvalue weighted by Crippen LogP contribution is -2.40. The number of nitrogens with zero attached hydrogens (tertiary/aromatic N) is 2. The number of carbonyl (C=O) groups is 2. The van der Waals surface area contributed by atoms with Crippen LogP contribution in [0.3, 0.4) is 0 Å². The third-order valence-electron chi connectivity index (χ3n) is 5.46. The van der Waals surface area contributed by atoms with Crippen molar-refractivity contribution in [3.8, 4) is 0 Å². The highest BCUT2D eigenvalue weighted by Gasteiger charge is 2.34. The van der Waals surface area contributed by atoms with Crippen molar-refractivity contribution >= 4 is 17.5 Å². The van der Waals surface area contributed by atoms with E-state index in [0.29, 0.717) is 11.5 Å². The molecule has 0 radical (unpaired) electrons. The van der Waals surface area contributed by atoms with Gasteiger partial charge in [-0.3, -0.25) is 9.59 Å². The molecule has 1 heterocycles. The monoisotopic (exact) mass is 343 g/mol. The molecule has 0 aromatic heterocycles.